The predicted octanol–water partition coefficient (Wildman–Crippen LogP) is 1.59. The van der Waals surface area contributed by atoms with Gasteiger partial charge in [0.15, 0.2) is 0 Å². The minimum Gasteiger partial charge on any atom is -0.375 e. The molecule has 0 aromatic rings. The molecule has 3 heteroatoms. The summed E-state index contributed by atoms with van der Waals surface area (Å²) in [4.78, 5) is 0. The summed E-state index contributed by atoms with van der Waals surface area (Å²) in [6, 6.07) is 3.04. The molecule has 14 heavy (non-hydrogen) atoms. The van der Waals surface area contributed by atoms with E-state index in [4.69, 9.17) is 4.74 Å². The van der Waals surface area contributed by atoms with Crippen molar-refractivity contribution in [1.82, 2.24) is 5.32 Å². The van der Waals surface area contributed by atoms with E-state index in [1.165, 1.54) is 12.8 Å². The van der Waals surface area contributed by atoms with E-state index < -0.39 is 0 Å². The fourth-order valence-electron chi connectivity index (χ4n) is 2.24. The molecule has 1 saturated heterocycles. The van der Waals surface area contributed by atoms with Crippen LogP contribution < -0.4 is 5.32 Å². The highest BCUT2D eigenvalue weighted by Gasteiger charge is 2.43. The molecular formula is C11H18N2O. The molecule has 1 saturated carbocycles. The van der Waals surface area contributed by atoms with Crippen molar-refractivity contribution in [3.63, 3.8) is 0 Å². The fourth-order valence-corrected chi connectivity index (χ4v) is 2.24. The molecule has 1 atom stereocenters. The standard InChI is InChI=1S/C11H18N2O/c1-10(2)7-11(8-12,5-6-14-10)13-9-3-4-9/h9,13H,3-7H2,1-2H3. The molecule has 2 rings (SSSR count). The van der Waals surface area contributed by atoms with E-state index in [0.717, 1.165) is 12.8 Å². The topological polar surface area (TPSA) is 45.0 Å². The summed E-state index contributed by atoms with van der Waals surface area (Å²) in [7, 11) is 0. The first-order valence-corrected chi connectivity index (χ1v) is 5.38. The minimum atomic E-state index is -0.330. The van der Waals surface area contributed by atoms with Crippen LogP contribution in [0.1, 0.15) is 39.5 Å². The lowest BCUT2D eigenvalue weighted by Gasteiger charge is -2.41. The molecule has 1 aliphatic heterocycles. The first-order valence-electron chi connectivity index (χ1n) is 5.38. The van der Waals surface area contributed by atoms with Gasteiger partial charge in [-0.1, -0.05) is 0 Å². The van der Waals surface area contributed by atoms with Crippen LogP contribution in [0.2, 0.25) is 0 Å². The normalized spacial score (nSPS) is 36.4. The molecule has 1 heterocycles. The molecule has 1 N–H and O–H groups in total. The average Bonchev–Trinajstić information content (AvgIpc) is 2.86. The minimum absolute atomic E-state index is 0.157. The number of hydrogen-bond donors (Lipinski definition) is 1. The Labute approximate surface area is 85.4 Å². The second-order valence-electron chi connectivity index (χ2n) is 5.15. The first kappa shape index (κ1) is 9.95. The van der Waals surface area contributed by atoms with Crippen molar-refractivity contribution < 1.29 is 4.74 Å². The van der Waals surface area contributed by atoms with Crippen molar-refractivity contribution in [2.45, 2.75) is 56.7 Å². The summed E-state index contributed by atoms with van der Waals surface area (Å²) in [6.07, 6.45) is 4.08. The zero-order valence-electron chi connectivity index (χ0n) is 8.97. The largest absolute Gasteiger partial charge is 0.375 e. The van der Waals surface area contributed by atoms with Gasteiger partial charge in [0.05, 0.1) is 18.3 Å². The summed E-state index contributed by atoms with van der Waals surface area (Å²) in [6.45, 7) is 4.82. The highest BCUT2D eigenvalue weighted by atomic mass is 16.5. The van der Waals surface area contributed by atoms with E-state index in [0.29, 0.717) is 12.6 Å². The van der Waals surface area contributed by atoms with Crippen LogP contribution in [0.5, 0.6) is 0 Å². The van der Waals surface area contributed by atoms with Gasteiger partial charge >= 0.3 is 0 Å². The number of ether oxygens (including phenoxy) is 1. The van der Waals surface area contributed by atoms with E-state index in [2.05, 4.69) is 25.2 Å². The lowest BCUT2D eigenvalue weighted by Crippen LogP contribution is -2.54. The van der Waals surface area contributed by atoms with Gasteiger partial charge in [-0.15, -0.1) is 0 Å². The number of nitriles is 1. The Bertz CT molecular complexity index is 265. The summed E-state index contributed by atoms with van der Waals surface area (Å²) in [5.41, 5.74) is -0.487. The molecular weight excluding hydrogens is 176 g/mol. The molecule has 0 spiro atoms. The first-order chi connectivity index (χ1) is 6.55. The van der Waals surface area contributed by atoms with E-state index >= 15 is 0 Å². The van der Waals surface area contributed by atoms with Crippen LogP contribution in [0, 0.1) is 11.3 Å². The number of rotatable bonds is 2. The maximum atomic E-state index is 9.28. The van der Waals surface area contributed by atoms with Gasteiger partial charge in [0.2, 0.25) is 0 Å². The highest BCUT2D eigenvalue weighted by Crippen LogP contribution is 2.34. The Balaban J connectivity index is 2.06. The third-order valence-corrected chi connectivity index (χ3v) is 3.02. The van der Waals surface area contributed by atoms with Gasteiger partial charge in [0.1, 0.15) is 5.54 Å². The molecule has 1 aliphatic carbocycles. The molecule has 0 aromatic carbocycles. The van der Waals surface area contributed by atoms with Crippen LogP contribution in [0.25, 0.3) is 0 Å². The van der Waals surface area contributed by atoms with Crippen LogP contribution in [-0.4, -0.2) is 23.8 Å². The molecule has 0 amide bonds. The SMILES string of the molecule is CC1(C)CC(C#N)(NC2CC2)CCO1. The second-order valence-corrected chi connectivity index (χ2v) is 5.15. The molecule has 78 valence electrons. The summed E-state index contributed by atoms with van der Waals surface area (Å²) >= 11 is 0. The molecule has 0 radical (unpaired) electrons. The third kappa shape index (κ3) is 2.08. The third-order valence-electron chi connectivity index (χ3n) is 3.02. The Morgan fingerprint density at radius 2 is 2.14 bits per heavy atom. The van der Waals surface area contributed by atoms with Gasteiger partial charge in [0.25, 0.3) is 0 Å². The van der Waals surface area contributed by atoms with E-state index in [1.54, 1.807) is 0 Å². The summed E-state index contributed by atoms with van der Waals surface area (Å²) in [5.74, 6) is 0. The van der Waals surface area contributed by atoms with Gasteiger partial charge < -0.3 is 4.74 Å². The van der Waals surface area contributed by atoms with Crippen molar-refractivity contribution in [2.24, 2.45) is 0 Å². The van der Waals surface area contributed by atoms with Gasteiger partial charge in [-0.2, -0.15) is 5.26 Å². The predicted molar refractivity (Wildman–Crippen MR) is 53.8 cm³/mol. The smallest absolute Gasteiger partial charge is 0.111 e. The zero-order chi connectivity index (χ0) is 10.2. The van der Waals surface area contributed by atoms with Crippen LogP contribution in [0.15, 0.2) is 0 Å². The van der Waals surface area contributed by atoms with Crippen LogP contribution in [0.3, 0.4) is 0 Å². The lowest BCUT2D eigenvalue weighted by molar-refractivity contribution is -0.0763. The lowest BCUT2D eigenvalue weighted by atomic mass is 9.82. The fraction of sp³-hybridized carbons (Fsp3) is 0.909. The number of nitrogens with zero attached hydrogens (tertiary/aromatic N) is 1. The molecule has 2 aliphatic rings. The average molecular weight is 194 g/mol. The Hall–Kier alpha value is -0.590. The van der Waals surface area contributed by atoms with Crippen molar-refractivity contribution in [1.29, 1.82) is 5.26 Å². The van der Waals surface area contributed by atoms with E-state index in [-0.39, 0.29) is 11.1 Å². The Morgan fingerprint density at radius 3 is 2.64 bits per heavy atom. The van der Waals surface area contributed by atoms with Crippen molar-refractivity contribution >= 4 is 0 Å². The maximum absolute atomic E-state index is 9.28. The van der Waals surface area contributed by atoms with Gasteiger partial charge in [0, 0.05) is 18.9 Å². The Morgan fingerprint density at radius 1 is 1.43 bits per heavy atom. The van der Waals surface area contributed by atoms with Gasteiger partial charge in [-0.3, -0.25) is 5.32 Å². The molecule has 0 bridgehead atoms. The quantitative estimate of drug-likeness (QED) is 0.726. The highest BCUT2D eigenvalue weighted by molar-refractivity contribution is 5.13. The van der Waals surface area contributed by atoms with E-state index in [1.807, 2.05) is 0 Å². The molecule has 3 nitrogen and oxygen atoms in total. The summed E-state index contributed by atoms with van der Waals surface area (Å²) in [5, 5.41) is 12.8. The zero-order valence-corrected chi connectivity index (χ0v) is 8.97. The van der Waals surface area contributed by atoms with Crippen molar-refractivity contribution in [2.75, 3.05) is 6.61 Å². The van der Waals surface area contributed by atoms with Crippen molar-refractivity contribution in [3.8, 4) is 6.07 Å². The number of nitrogens with one attached hydrogen (secondary N) is 1. The van der Waals surface area contributed by atoms with Crippen molar-refractivity contribution in [3.05, 3.63) is 0 Å². The van der Waals surface area contributed by atoms with Gasteiger partial charge in [-0.05, 0) is 26.7 Å². The van der Waals surface area contributed by atoms with Crippen LogP contribution in [-0.2, 0) is 4.74 Å². The molecule has 2 fully saturated rings. The maximum Gasteiger partial charge on any atom is 0.111 e. The van der Waals surface area contributed by atoms with Gasteiger partial charge in [-0.25, -0.2) is 0 Å². The second kappa shape index (κ2) is 3.22. The molecule has 1 unspecified atom stereocenters. The Kier molecular flexibility index (Phi) is 2.29. The van der Waals surface area contributed by atoms with E-state index in [9.17, 15) is 5.26 Å². The summed E-state index contributed by atoms with van der Waals surface area (Å²) < 4.78 is 5.63. The van der Waals surface area contributed by atoms with Crippen LogP contribution in [0.4, 0.5) is 0 Å². The molecule has 0 aromatic heterocycles. The monoisotopic (exact) mass is 194 g/mol. The van der Waals surface area contributed by atoms with Crippen LogP contribution >= 0.6 is 0 Å². The number of hydrogen-bond acceptors (Lipinski definition) is 3.